The molecule has 0 bridgehead atoms. The van der Waals surface area contributed by atoms with E-state index in [0.29, 0.717) is 30.9 Å². The van der Waals surface area contributed by atoms with Gasteiger partial charge in [0.05, 0.1) is 38.3 Å². The molecule has 1 aliphatic rings. The average Bonchev–Trinajstić information content (AvgIpc) is 2.46. The van der Waals surface area contributed by atoms with E-state index in [1.165, 1.54) is 0 Å². The van der Waals surface area contributed by atoms with Gasteiger partial charge in [-0.1, -0.05) is 24.3 Å². The fraction of sp³-hybridized carbons (Fsp3) is 0.538. The van der Waals surface area contributed by atoms with Crippen molar-refractivity contribution in [2.24, 2.45) is 0 Å². The molecular weight excluding hydrogens is 282 g/mol. The third-order valence-electron chi connectivity index (χ3n) is 2.95. The van der Waals surface area contributed by atoms with Crippen LogP contribution in [0.15, 0.2) is 24.3 Å². The van der Waals surface area contributed by atoms with Crippen LogP contribution in [-0.4, -0.2) is 46.0 Å². The Balaban J connectivity index is 1.89. The molecule has 6 nitrogen and oxygen atoms in total. The summed E-state index contributed by atoms with van der Waals surface area (Å²) in [6.07, 6.45) is -0.234. The minimum Gasteiger partial charge on any atom is -0.392 e. The fourth-order valence-corrected chi connectivity index (χ4v) is 3.12. The van der Waals surface area contributed by atoms with Crippen molar-refractivity contribution in [1.82, 2.24) is 4.72 Å². The molecule has 7 heteroatoms. The summed E-state index contributed by atoms with van der Waals surface area (Å²) < 4.78 is 37.0. The Hall–Kier alpha value is -0.990. The Morgan fingerprint density at radius 3 is 2.80 bits per heavy atom. The van der Waals surface area contributed by atoms with E-state index in [4.69, 9.17) is 14.6 Å². The number of sulfonamides is 1. The van der Waals surface area contributed by atoms with Gasteiger partial charge >= 0.3 is 0 Å². The second-order valence-corrected chi connectivity index (χ2v) is 6.46. The number of rotatable bonds is 6. The Morgan fingerprint density at radius 2 is 2.10 bits per heavy atom. The zero-order chi connectivity index (χ0) is 14.4. The van der Waals surface area contributed by atoms with Crippen molar-refractivity contribution in [3.8, 4) is 0 Å². The quantitative estimate of drug-likeness (QED) is 0.773. The fourth-order valence-electron chi connectivity index (χ4n) is 1.96. The Labute approximate surface area is 118 Å². The van der Waals surface area contributed by atoms with Gasteiger partial charge in [-0.2, -0.15) is 0 Å². The van der Waals surface area contributed by atoms with E-state index in [0.717, 1.165) is 0 Å². The topological polar surface area (TPSA) is 84.9 Å². The van der Waals surface area contributed by atoms with Crippen molar-refractivity contribution in [3.63, 3.8) is 0 Å². The van der Waals surface area contributed by atoms with E-state index in [-0.39, 0.29) is 25.0 Å². The first-order chi connectivity index (χ1) is 9.59. The molecule has 1 aliphatic heterocycles. The van der Waals surface area contributed by atoms with Crippen LogP contribution in [0.25, 0.3) is 0 Å². The van der Waals surface area contributed by atoms with Crippen molar-refractivity contribution < 1.29 is 23.0 Å². The first kappa shape index (κ1) is 15.4. The summed E-state index contributed by atoms with van der Waals surface area (Å²) in [5, 5.41) is 9.04. The molecule has 20 heavy (non-hydrogen) atoms. The van der Waals surface area contributed by atoms with Gasteiger partial charge in [0, 0.05) is 6.54 Å². The number of hydrogen-bond donors (Lipinski definition) is 2. The molecule has 112 valence electrons. The van der Waals surface area contributed by atoms with Crippen LogP contribution in [0, 0.1) is 0 Å². The maximum Gasteiger partial charge on any atom is 0.215 e. The predicted molar refractivity (Wildman–Crippen MR) is 73.6 cm³/mol. The zero-order valence-corrected chi connectivity index (χ0v) is 11.9. The third-order valence-corrected chi connectivity index (χ3v) is 4.27. The molecule has 1 aromatic carbocycles. The lowest BCUT2D eigenvalue weighted by atomic mass is 10.1. The number of ether oxygens (including phenoxy) is 2. The van der Waals surface area contributed by atoms with Crippen molar-refractivity contribution in [3.05, 3.63) is 35.4 Å². The van der Waals surface area contributed by atoms with Crippen molar-refractivity contribution in [2.75, 3.05) is 26.4 Å². The summed E-state index contributed by atoms with van der Waals surface area (Å²) in [5.74, 6) is -0.117. The normalized spacial score (nSPS) is 19.9. The summed E-state index contributed by atoms with van der Waals surface area (Å²) >= 11 is 0. The standard InChI is InChI=1S/C13H19NO5S/c15-8-11-2-1-3-12(6-11)10-20(16,17)14-7-13-9-18-4-5-19-13/h1-3,6,13-15H,4-5,7-10H2. The molecule has 0 aromatic heterocycles. The van der Waals surface area contributed by atoms with Crippen LogP contribution in [0.1, 0.15) is 11.1 Å². The minimum absolute atomic E-state index is 0.103. The number of aliphatic hydroxyl groups excluding tert-OH is 1. The van der Waals surface area contributed by atoms with Crippen molar-refractivity contribution in [2.45, 2.75) is 18.5 Å². The highest BCUT2D eigenvalue weighted by atomic mass is 32.2. The highest BCUT2D eigenvalue weighted by molar-refractivity contribution is 7.88. The van der Waals surface area contributed by atoms with E-state index in [1.807, 2.05) is 0 Å². The molecule has 0 radical (unpaired) electrons. The molecule has 1 fully saturated rings. The molecule has 0 amide bonds. The number of aliphatic hydroxyl groups is 1. The number of nitrogens with one attached hydrogen (secondary N) is 1. The summed E-state index contributed by atoms with van der Waals surface area (Å²) in [5.41, 5.74) is 1.34. The molecule has 2 rings (SSSR count). The minimum atomic E-state index is -3.43. The molecule has 1 saturated heterocycles. The van der Waals surface area contributed by atoms with Gasteiger partial charge in [-0.05, 0) is 11.1 Å². The Bertz CT molecular complexity index is 525. The molecule has 0 spiro atoms. The van der Waals surface area contributed by atoms with Crippen molar-refractivity contribution >= 4 is 10.0 Å². The van der Waals surface area contributed by atoms with Crippen LogP contribution in [0.4, 0.5) is 0 Å². The predicted octanol–water partition coefficient (Wildman–Crippen LogP) is 0.0137. The summed E-state index contributed by atoms with van der Waals surface area (Å²) in [4.78, 5) is 0. The van der Waals surface area contributed by atoms with Gasteiger partial charge in [0.1, 0.15) is 0 Å². The third kappa shape index (κ3) is 4.84. The van der Waals surface area contributed by atoms with E-state index in [2.05, 4.69) is 4.72 Å². The highest BCUT2D eigenvalue weighted by Gasteiger charge is 2.18. The molecule has 1 unspecified atom stereocenters. The van der Waals surface area contributed by atoms with Crippen LogP contribution in [-0.2, 0) is 31.9 Å². The lowest BCUT2D eigenvalue weighted by Gasteiger charge is -2.23. The molecule has 1 atom stereocenters. The highest BCUT2D eigenvalue weighted by Crippen LogP contribution is 2.09. The second-order valence-electron chi connectivity index (χ2n) is 4.65. The summed E-state index contributed by atoms with van der Waals surface area (Å²) in [7, 11) is -3.43. The van der Waals surface area contributed by atoms with Crippen molar-refractivity contribution in [1.29, 1.82) is 0 Å². The Morgan fingerprint density at radius 1 is 1.30 bits per heavy atom. The second kappa shape index (κ2) is 7.14. The molecule has 2 N–H and O–H groups in total. The monoisotopic (exact) mass is 301 g/mol. The summed E-state index contributed by atoms with van der Waals surface area (Å²) in [6, 6.07) is 6.88. The van der Waals surface area contributed by atoms with E-state index in [9.17, 15) is 8.42 Å². The lowest BCUT2D eigenvalue weighted by molar-refractivity contribution is -0.0847. The molecule has 0 aliphatic carbocycles. The SMILES string of the molecule is O=S(=O)(Cc1cccc(CO)c1)NCC1COCCO1. The number of benzene rings is 1. The molecule has 1 aromatic rings. The van der Waals surface area contributed by atoms with Crippen LogP contribution in [0.3, 0.4) is 0 Å². The van der Waals surface area contributed by atoms with Crippen LogP contribution < -0.4 is 4.72 Å². The molecule has 1 heterocycles. The van der Waals surface area contributed by atoms with Gasteiger partial charge in [0.2, 0.25) is 10.0 Å². The number of hydrogen-bond acceptors (Lipinski definition) is 5. The van der Waals surface area contributed by atoms with E-state index >= 15 is 0 Å². The van der Waals surface area contributed by atoms with Gasteiger partial charge in [0.25, 0.3) is 0 Å². The van der Waals surface area contributed by atoms with Gasteiger partial charge in [-0.3, -0.25) is 0 Å². The first-order valence-corrected chi connectivity index (χ1v) is 8.09. The van der Waals surface area contributed by atoms with Crippen LogP contribution >= 0.6 is 0 Å². The maximum absolute atomic E-state index is 12.0. The van der Waals surface area contributed by atoms with Gasteiger partial charge < -0.3 is 14.6 Å². The van der Waals surface area contributed by atoms with Gasteiger partial charge in [-0.15, -0.1) is 0 Å². The lowest BCUT2D eigenvalue weighted by Crippen LogP contribution is -2.40. The zero-order valence-electron chi connectivity index (χ0n) is 11.1. The molecular formula is C13H19NO5S. The van der Waals surface area contributed by atoms with Gasteiger partial charge in [-0.25, -0.2) is 13.1 Å². The molecule has 0 saturated carbocycles. The van der Waals surface area contributed by atoms with Crippen LogP contribution in [0.5, 0.6) is 0 Å². The summed E-state index contributed by atoms with van der Waals surface area (Å²) in [6.45, 7) is 1.56. The Kier molecular flexibility index (Phi) is 5.50. The van der Waals surface area contributed by atoms with E-state index in [1.54, 1.807) is 24.3 Å². The smallest absolute Gasteiger partial charge is 0.215 e. The first-order valence-electron chi connectivity index (χ1n) is 6.44. The average molecular weight is 301 g/mol. The maximum atomic E-state index is 12.0. The van der Waals surface area contributed by atoms with Gasteiger partial charge in [0.15, 0.2) is 0 Å². The van der Waals surface area contributed by atoms with Crippen LogP contribution in [0.2, 0.25) is 0 Å². The largest absolute Gasteiger partial charge is 0.392 e. The van der Waals surface area contributed by atoms with E-state index < -0.39 is 10.0 Å².